The van der Waals surface area contributed by atoms with Crippen LogP contribution in [0.5, 0.6) is 0 Å². The van der Waals surface area contributed by atoms with Gasteiger partial charge in [-0.3, -0.25) is 4.90 Å². The molecular formula is C16H27N3O3S2. The van der Waals surface area contributed by atoms with Gasteiger partial charge < -0.3 is 4.74 Å². The van der Waals surface area contributed by atoms with Crippen LogP contribution in [0, 0.1) is 0 Å². The molecule has 0 atom stereocenters. The van der Waals surface area contributed by atoms with Gasteiger partial charge in [-0.2, -0.15) is 17.0 Å². The smallest absolute Gasteiger partial charge is 0.282 e. The van der Waals surface area contributed by atoms with Gasteiger partial charge in [0, 0.05) is 55.6 Å². The zero-order valence-electron chi connectivity index (χ0n) is 14.3. The number of thiophene rings is 1. The van der Waals surface area contributed by atoms with Crippen LogP contribution in [0.15, 0.2) is 12.1 Å². The second-order valence-corrected chi connectivity index (χ2v) is 9.49. The van der Waals surface area contributed by atoms with E-state index in [0.717, 1.165) is 26.1 Å². The molecule has 0 spiro atoms. The summed E-state index contributed by atoms with van der Waals surface area (Å²) in [6, 6.07) is 4.44. The molecule has 2 aliphatic rings. The minimum atomic E-state index is -3.32. The van der Waals surface area contributed by atoms with Crippen LogP contribution in [0.4, 0.5) is 0 Å². The second-order valence-electron chi connectivity index (χ2n) is 6.31. The predicted octanol–water partition coefficient (Wildman–Crippen LogP) is 1.40. The van der Waals surface area contributed by atoms with Crippen LogP contribution in [0.3, 0.4) is 0 Å². The average molecular weight is 374 g/mol. The van der Waals surface area contributed by atoms with Crippen molar-refractivity contribution >= 4 is 21.5 Å². The van der Waals surface area contributed by atoms with Gasteiger partial charge in [-0.05, 0) is 18.6 Å². The summed E-state index contributed by atoms with van der Waals surface area (Å²) < 4.78 is 33.8. The van der Waals surface area contributed by atoms with Gasteiger partial charge in [0.25, 0.3) is 10.2 Å². The lowest BCUT2D eigenvalue weighted by Gasteiger charge is -2.37. The molecule has 2 saturated heterocycles. The van der Waals surface area contributed by atoms with E-state index in [9.17, 15) is 8.42 Å². The van der Waals surface area contributed by atoms with Crippen molar-refractivity contribution in [2.24, 2.45) is 0 Å². The molecule has 0 aromatic carbocycles. The highest BCUT2D eigenvalue weighted by Gasteiger charge is 2.33. The molecule has 0 aliphatic carbocycles. The Morgan fingerprint density at radius 3 is 2.29 bits per heavy atom. The van der Waals surface area contributed by atoms with Gasteiger partial charge in [-0.15, -0.1) is 11.3 Å². The predicted molar refractivity (Wildman–Crippen MR) is 96.5 cm³/mol. The van der Waals surface area contributed by atoms with Crippen LogP contribution in [-0.2, 0) is 27.9 Å². The summed E-state index contributed by atoms with van der Waals surface area (Å²) in [4.78, 5) is 5.18. The summed E-state index contributed by atoms with van der Waals surface area (Å²) in [7, 11) is -3.32. The second kappa shape index (κ2) is 8.25. The fourth-order valence-electron chi connectivity index (χ4n) is 3.17. The van der Waals surface area contributed by atoms with E-state index in [4.69, 9.17) is 4.74 Å². The molecule has 0 unspecified atom stereocenters. The first-order chi connectivity index (χ1) is 11.6. The van der Waals surface area contributed by atoms with Crippen LogP contribution < -0.4 is 0 Å². The van der Waals surface area contributed by atoms with Crippen LogP contribution in [0.2, 0.25) is 0 Å². The Bertz CT molecular complexity index is 618. The van der Waals surface area contributed by atoms with E-state index in [1.165, 1.54) is 16.2 Å². The van der Waals surface area contributed by atoms with Gasteiger partial charge in [0.1, 0.15) is 0 Å². The summed E-state index contributed by atoms with van der Waals surface area (Å²) in [6.07, 6.45) is 2.33. The number of aryl methyl sites for hydroxylation is 1. The third-order valence-corrected chi connectivity index (χ3v) is 7.71. The van der Waals surface area contributed by atoms with Crippen molar-refractivity contribution < 1.29 is 13.2 Å². The summed E-state index contributed by atoms with van der Waals surface area (Å²) >= 11 is 1.88. The van der Waals surface area contributed by atoms with Crippen LogP contribution in [0.1, 0.15) is 23.1 Å². The number of morpholine rings is 1. The highest BCUT2D eigenvalue weighted by atomic mass is 32.2. The molecule has 0 radical (unpaired) electrons. The summed E-state index contributed by atoms with van der Waals surface area (Å²) in [5.41, 5.74) is 0. The number of ether oxygens (including phenoxy) is 1. The number of piperazine rings is 1. The van der Waals surface area contributed by atoms with E-state index >= 15 is 0 Å². The minimum Gasteiger partial charge on any atom is -0.379 e. The van der Waals surface area contributed by atoms with Crippen LogP contribution in [-0.4, -0.2) is 74.4 Å². The molecule has 0 amide bonds. The molecule has 0 N–H and O–H groups in total. The van der Waals surface area contributed by atoms with E-state index < -0.39 is 10.2 Å². The average Bonchev–Trinajstić information content (AvgIpc) is 3.04. The molecule has 3 rings (SSSR count). The maximum absolute atomic E-state index is 12.7. The lowest BCUT2D eigenvalue weighted by Crippen LogP contribution is -2.54. The highest BCUT2D eigenvalue weighted by molar-refractivity contribution is 7.86. The molecule has 1 aromatic heterocycles. The van der Waals surface area contributed by atoms with Crippen LogP contribution in [0.25, 0.3) is 0 Å². The van der Waals surface area contributed by atoms with Gasteiger partial charge in [0.2, 0.25) is 0 Å². The van der Waals surface area contributed by atoms with E-state index in [-0.39, 0.29) is 0 Å². The first-order valence-corrected chi connectivity index (χ1v) is 10.9. The summed E-state index contributed by atoms with van der Waals surface area (Å²) in [6.45, 7) is 7.81. The molecular weight excluding hydrogens is 346 g/mol. The SMILES string of the molecule is CCCc1ccc(CN2CCN(S(=O)(=O)N3CCOCC3)CC2)s1. The van der Waals surface area contributed by atoms with E-state index in [1.807, 2.05) is 11.3 Å². The minimum absolute atomic E-state index is 0.470. The van der Waals surface area contributed by atoms with Crippen molar-refractivity contribution in [2.45, 2.75) is 26.3 Å². The van der Waals surface area contributed by atoms with Crippen molar-refractivity contribution in [3.63, 3.8) is 0 Å². The van der Waals surface area contributed by atoms with Gasteiger partial charge in [-0.25, -0.2) is 0 Å². The first kappa shape index (κ1) is 18.3. The van der Waals surface area contributed by atoms with Crippen molar-refractivity contribution in [1.82, 2.24) is 13.5 Å². The third-order valence-electron chi connectivity index (χ3n) is 4.55. The molecule has 0 saturated carbocycles. The zero-order chi connectivity index (χ0) is 17.0. The molecule has 2 fully saturated rings. The van der Waals surface area contributed by atoms with Gasteiger partial charge in [0.05, 0.1) is 13.2 Å². The van der Waals surface area contributed by atoms with Crippen molar-refractivity contribution in [3.8, 4) is 0 Å². The Hall–Kier alpha value is -0.510. The molecule has 24 heavy (non-hydrogen) atoms. The molecule has 1 aromatic rings. The standard InChI is InChI=1S/C16H27N3O3S2/c1-2-3-15-4-5-16(23-15)14-17-6-8-18(9-7-17)24(20,21)19-10-12-22-13-11-19/h4-5H,2-3,6-14H2,1H3. The lowest BCUT2D eigenvalue weighted by molar-refractivity contribution is 0.0684. The highest BCUT2D eigenvalue weighted by Crippen LogP contribution is 2.21. The van der Waals surface area contributed by atoms with E-state index in [1.54, 1.807) is 8.61 Å². The Balaban J connectivity index is 1.51. The molecule has 0 bridgehead atoms. The van der Waals surface area contributed by atoms with Gasteiger partial charge in [0.15, 0.2) is 0 Å². The van der Waals surface area contributed by atoms with Crippen molar-refractivity contribution in [1.29, 1.82) is 0 Å². The maximum Gasteiger partial charge on any atom is 0.282 e. The largest absolute Gasteiger partial charge is 0.379 e. The zero-order valence-corrected chi connectivity index (χ0v) is 15.9. The van der Waals surface area contributed by atoms with Gasteiger partial charge >= 0.3 is 0 Å². The Morgan fingerprint density at radius 1 is 1.00 bits per heavy atom. The number of hydrogen-bond acceptors (Lipinski definition) is 5. The topological polar surface area (TPSA) is 53.1 Å². The monoisotopic (exact) mass is 373 g/mol. The normalized spacial score (nSPS) is 22.0. The number of nitrogens with zero attached hydrogens (tertiary/aromatic N) is 3. The molecule has 6 nitrogen and oxygen atoms in total. The fourth-order valence-corrected chi connectivity index (χ4v) is 5.89. The Morgan fingerprint density at radius 2 is 1.62 bits per heavy atom. The maximum atomic E-state index is 12.7. The number of hydrogen-bond donors (Lipinski definition) is 0. The lowest BCUT2D eigenvalue weighted by atomic mass is 10.3. The molecule has 136 valence electrons. The van der Waals surface area contributed by atoms with Crippen molar-refractivity contribution in [2.75, 3.05) is 52.5 Å². The Kier molecular flexibility index (Phi) is 6.28. The molecule has 2 aliphatic heterocycles. The quantitative estimate of drug-likeness (QED) is 0.756. The van der Waals surface area contributed by atoms with E-state index in [2.05, 4.69) is 24.0 Å². The Labute approximate surface area is 149 Å². The third kappa shape index (κ3) is 4.36. The van der Waals surface area contributed by atoms with Crippen LogP contribution >= 0.6 is 11.3 Å². The molecule has 3 heterocycles. The molecule has 8 heteroatoms. The van der Waals surface area contributed by atoms with Gasteiger partial charge in [-0.1, -0.05) is 13.3 Å². The summed E-state index contributed by atoms with van der Waals surface area (Å²) in [5, 5.41) is 0. The van der Waals surface area contributed by atoms with Crippen molar-refractivity contribution in [3.05, 3.63) is 21.9 Å². The first-order valence-electron chi connectivity index (χ1n) is 8.72. The van der Waals surface area contributed by atoms with E-state index in [0.29, 0.717) is 39.4 Å². The number of rotatable bonds is 6. The fraction of sp³-hybridized carbons (Fsp3) is 0.750. The summed E-state index contributed by atoms with van der Waals surface area (Å²) in [5.74, 6) is 0.